The van der Waals surface area contributed by atoms with Crippen LogP contribution < -0.4 is 0 Å². The highest BCUT2D eigenvalue weighted by atomic mass is 16.5. The van der Waals surface area contributed by atoms with Crippen molar-refractivity contribution in [2.24, 2.45) is 0 Å². The van der Waals surface area contributed by atoms with Gasteiger partial charge in [-0.15, -0.1) is 0 Å². The third-order valence-corrected chi connectivity index (χ3v) is 3.12. The molecule has 1 N–H and O–H groups in total. The molecule has 1 rings (SSSR count). The van der Waals surface area contributed by atoms with Crippen LogP contribution in [-0.4, -0.2) is 78.9 Å². The number of hydrogen-bond acceptors (Lipinski definition) is 5. The Morgan fingerprint density at radius 1 is 1.43 bits per heavy atom. The molecule has 8 nitrogen and oxygen atoms in total. The fourth-order valence-corrected chi connectivity index (χ4v) is 2.14. The van der Waals surface area contributed by atoms with Gasteiger partial charge in [0.25, 0.3) is 0 Å². The molecule has 21 heavy (non-hydrogen) atoms. The summed E-state index contributed by atoms with van der Waals surface area (Å²) < 4.78 is 9.91. The van der Waals surface area contributed by atoms with Gasteiger partial charge in [0.15, 0.2) is 0 Å². The van der Waals surface area contributed by atoms with Crippen molar-refractivity contribution >= 4 is 18.0 Å². The standard InChI is InChI=1S/C13H22N2O6/c1-3-4-14(9-12(18)20-2)13(19)15-5-6-21-10(8-15)7-11(16)17/h10H,3-9H2,1-2H3,(H,16,17). The van der Waals surface area contributed by atoms with Crippen molar-refractivity contribution in [3.63, 3.8) is 0 Å². The van der Waals surface area contributed by atoms with E-state index in [0.29, 0.717) is 26.1 Å². The maximum absolute atomic E-state index is 12.4. The van der Waals surface area contributed by atoms with Crippen LogP contribution in [0.15, 0.2) is 0 Å². The van der Waals surface area contributed by atoms with E-state index >= 15 is 0 Å². The number of aliphatic carboxylic acids is 1. The van der Waals surface area contributed by atoms with E-state index in [0.717, 1.165) is 0 Å². The van der Waals surface area contributed by atoms with E-state index in [9.17, 15) is 14.4 Å². The van der Waals surface area contributed by atoms with Crippen molar-refractivity contribution in [1.29, 1.82) is 0 Å². The molecule has 1 atom stereocenters. The van der Waals surface area contributed by atoms with Gasteiger partial charge >= 0.3 is 18.0 Å². The van der Waals surface area contributed by atoms with Gasteiger partial charge in [0.2, 0.25) is 0 Å². The van der Waals surface area contributed by atoms with Crippen molar-refractivity contribution in [3.05, 3.63) is 0 Å². The van der Waals surface area contributed by atoms with Crippen molar-refractivity contribution in [3.8, 4) is 0 Å². The molecule has 1 aliphatic rings. The van der Waals surface area contributed by atoms with Crippen LogP contribution in [0.3, 0.4) is 0 Å². The van der Waals surface area contributed by atoms with E-state index in [1.165, 1.54) is 16.9 Å². The molecule has 0 aromatic heterocycles. The van der Waals surface area contributed by atoms with Gasteiger partial charge < -0.3 is 24.4 Å². The summed E-state index contributed by atoms with van der Waals surface area (Å²) >= 11 is 0. The second-order valence-electron chi connectivity index (χ2n) is 4.82. The lowest BCUT2D eigenvalue weighted by Gasteiger charge is -2.35. The molecule has 1 saturated heterocycles. The fourth-order valence-electron chi connectivity index (χ4n) is 2.14. The largest absolute Gasteiger partial charge is 0.481 e. The molecule has 0 spiro atoms. The lowest BCUT2D eigenvalue weighted by Crippen LogP contribution is -2.52. The summed E-state index contributed by atoms with van der Waals surface area (Å²) in [6.07, 6.45) is 0.0574. The van der Waals surface area contributed by atoms with Crippen LogP contribution in [0, 0.1) is 0 Å². The Morgan fingerprint density at radius 3 is 2.71 bits per heavy atom. The molecule has 1 unspecified atom stereocenters. The first-order valence-electron chi connectivity index (χ1n) is 6.92. The quantitative estimate of drug-likeness (QED) is 0.702. The number of carboxylic acids is 1. The highest BCUT2D eigenvalue weighted by Gasteiger charge is 2.29. The summed E-state index contributed by atoms with van der Waals surface area (Å²) in [5.74, 6) is -1.44. The predicted molar refractivity (Wildman–Crippen MR) is 72.8 cm³/mol. The van der Waals surface area contributed by atoms with E-state index in [-0.39, 0.29) is 25.5 Å². The van der Waals surface area contributed by atoms with E-state index in [2.05, 4.69) is 4.74 Å². The second kappa shape index (κ2) is 8.46. The first kappa shape index (κ1) is 17.2. The van der Waals surface area contributed by atoms with Gasteiger partial charge in [-0.2, -0.15) is 0 Å². The topological polar surface area (TPSA) is 96.4 Å². The Morgan fingerprint density at radius 2 is 2.14 bits per heavy atom. The lowest BCUT2D eigenvalue weighted by molar-refractivity contribution is -0.141. The molecule has 0 saturated carbocycles. The number of morpholine rings is 1. The number of amides is 2. The molecular weight excluding hydrogens is 280 g/mol. The molecule has 0 aliphatic carbocycles. The minimum Gasteiger partial charge on any atom is -0.481 e. The molecule has 0 radical (unpaired) electrons. The molecule has 0 bridgehead atoms. The second-order valence-corrected chi connectivity index (χ2v) is 4.82. The van der Waals surface area contributed by atoms with Crippen LogP contribution in [0.4, 0.5) is 4.79 Å². The number of rotatable bonds is 6. The highest BCUT2D eigenvalue weighted by molar-refractivity contribution is 5.81. The van der Waals surface area contributed by atoms with E-state index in [1.54, 1.807) is 0 Å². The average Bonchev–Trinajstić information content (AvgIpc) is 2.45. The Kier molecular flexibility index (Phi) is 6.93. The van der Waals surface area contributed by atoms with Gasteiger partial charge in [0, 0.05) is 19.6 Å². The number of nitrogens with zero attached hydrogens (tertiary/aromatic N) is 2. The first-order valence-corrected chi connectivity index (χ1v) is 6.92. The van der Waals surface area contributed by atoms with Crippen molar-refractivity contribution < 1.29 is 29.0 Å². The number of ether oxygens (including phenoxy) is 2. The van der Waals surface area contributed by atoms with Crippen molar-refractivity contribution in [2.45, 2.75) is 25.9 Å². The summed E-state index contributed by atoms with van der Waals surface area (Å²) in [6.45, 7) is 3.13. The molecule has 1 fully saturated rings. The Labute approximate surface area is 123 Å². The first-order chi connectivity index (χ1) is 9.97. The zero-order valence-corrected chi connectivity index (χ0v) is 12.4. The normalized spacial score (nSPS) is 18.2. The molecular formula is C13H22N2O6. The Bertz CT molecular complexity index is 387. The smallest absolute Gasteiger partial charge is 0.325 e. The zero-order chi connectivity index (χ0) is 15.8. The minimum atomic E-state index is -0.964. The molecule has 120 valence electrons. The number of urea groups is 1. The Hall–Kier alpha value is -1.83. The molecule has 2 amide bonds. The van der Waals surface area contributed by atoms with Crippen LogP contribution >= 0.6 is 0 Å². The maximum atomic E-state index is 12.4. The lowest BCUT2D eigenvalue weighted by atomic mass is 10.2. The number of carboxylic acid groups (broad SMARTS) is 1. The molecule has 8 heteroatoms. The van der Waals surface area contributed by atoms with Crippen LogP contribution in [0.25, 0.3) is 0 Å². The monoisotopic (exact) mass is 302 g/mol. The average molecular weight is 302 g/mol. The highest BCUT2D eigenvalue weighted by Crippen LogP contribution is 2.11. The van der Waals surface area contributed by atoms with Gasteiger partial charge in [-0.25, -0.2) is 4.79 Å². The number of carbonyl (C=O) groups is 3. The van der Waals surface area contributed by atoms with E-state index < -0.39 is 18.0 Å². The van der Waals surface area contributed by atoms with Crippen molar-refractivity contribution in [2.75, 3.05) is 39.9 Å². The zero-order valence-electron chi connectivity index (χ0n) is 12.4. The number of methoxy groups -OCH3 is 1. The molecule has 0 aromatic carbocycles. The fraction of sp³-hybridized carbons (Fsp3) is 0.769. The number of esters is 1. The molecule has 1 aliphatic heterocycles. The third kappa shape index (κ3) is 5.58. The van der Waals surface area contributed by atoms with Gasteiger partial charge in [0.1, 0.15) is 6.54 Å². The van der Waals surface area contributed by atoms with E-state index in [1.807, 2.05) is 6.92 Å². The van der Waals surface area contributed by atoms with Crippen LogP contribution in [-0.2, 0) is 19.1 Å². The molecule has 1 heterocycles. The summed E-state index contributed by atoms with van der Waals surface area (Å²) in [5, 5.41) is 8.78. The predicted octanol–water partition coefficient (Wildman–Crippen LogP) is 0.167. The summed E-state index contributed by atoms with van der Waals surface area (Å²) in [6, 6.07) is -0.291. The summed E-state index contributed by atoms with van der Waals surface area (Å²) in [4.78, 5) is 37.4. The maximum Gasteiger partial charge on any atom is 0.325 e. The molecule has 0 aromatic rings. The number of hydrogen-bond donors (Lipinski definition) is 1. The third-order valence-electron chi connectivity index (χ3n) is 3.12. The van der Waals surface area contributed by atoms with Gasteiger partial charge in [0.05, 0.1) is 26.2 Å². The van der Waals surface area contributed by atoms with Crippen LogP contribution in [0.2, 0.25) is 0 Å². The summed E-state index contributed by atoms with van der Waals surface area (Å²) in [7, 11) is 1.27. The van der Waals surface area contributed by atoms with Crippen LogP contribution in [0.5, 0.6) is 0 Å². The van der Waals surface area contributed by atoms with Crippen molar-refractivity contribution in [1.82, 2.24) is 9.80 Å². The minimum absolute atomic E-state index is 0.107. The Balaban J connectivity index is 2.64. The van der Waals surface area contributed by atoms with E-state index in [4.69, 9.17) is 9.84 Å². The van der Waals surface area contributed by atoms with Gasteiger partial charge in [-0.1, -0.05) is 6.92 Å². The van der Waals surface area contributed by atoms with Gasteiger partial charge in [-0.3, -0.25) is 9.59 Å². The SMILES string of the molecule is CCCN(CC(=O)OC)C(=O)N1CCOC(CC(=O)O)C1. The number of carbonyl (C=O) groups excluding carboxylic acids is 2. The van der Waals surface area contributed by atoms with Crippen LogP contribution in [0.1, 0.15) is 19.8 Å². The summed E-state index contributed by atoms with van der Waals surface area (Å²) in [5.41, 5.74) is 0. The van der Waals surface area contributed by atoms with Gasteiger partial charge in [-0.05, 0) is 6.42 Å².